The molecule has 0 fully saturated rings. The van der Waals surface area contributed by atoms with Crippen molar-refractivity contribution in [3.8, 4) is 6.01 Å². The lowest BCUT2D eigenvalue weighted by molar-refractivity contribution is 0.0953. The number of carbonyl (C=O) groups is 1. The van der Waals surface area contributed by atoms with Gasteiger partial charge < -0.3 is 31.7 Å². The lowest BCUT2D eigenvalue weighted by Gasteiger charge is -2.12. The Morgan fingerprint density at radius 1 is 0.854 bits per heavy atom. The molecule has 1 amide bonds. The van der Waals surface area contributed by atoms with Crippen LogP contribution in [-0.4, -0.2) is 33.9 Å². The maximum Gasteiger partial charge on any atom is 0.323 e. The van der Waals surface area contributed by atoms with E-state index in [1.807, 2.05) is 60.7 Å². The maximum absolute atomic E-state index is 12.7. The predicted octanol–water partition coefficient (Wildman–Crippen LogP) is 4.99. The van der Waals surface area contributed by atoms with Crippen molar-refractivity contribution in [1.82, 2.24) is 25.6 Å². The number of anilines is 3. The number of aromatic nitrogens is 3. The summed E-state index contributed by atoms with van der Waals surface area (Å²) < 4.78 is 5.89. The number of hydrogen-bond acceptors (Lipinski definition) is 9. The zero-order valence-electron chi connectivity index (χ0n) is 22.6. The zero-order chi connectivity index (χ0) is 28.9. The Balaban J connectivity index is 1.42. The molecule has 6 N–H and O–H groups in total. The largest absolute Gasteiger partial charge is 0.458 e. The van der Waals surface area contributed by atoms with E-state index in [2.05, 4.69) is 42.8 Å². The highest BCUT2D eigenvalue weighted by molar-refractivity contribution is 6.30. The van der Waals surface area contributed by atoms with Gasteiger partial charge in [-0.2, -0.15) is 15.0 Å². The molecular weight excluding hydrogens is 540 g/mol. The fourth-order valence-electron chi connectivity index (χ4n) is 3.73. The number of ether oxygens (including phenoxy) is 1. The SMILES string of the molecule is C=C(N)NCCCCNC(=O)c1cccc(Nc2nc(NCc3ccc(Cl)cc3)nc(OCc3ccccc3)n2)c1. The minimum absolute atomic E-state index is 0.159. The second-order valence-electron chi connectivity index (χ2n) is 9.14. The molecule has 11 heteroatoms. The number of carbonyl (C=O) groups excluding carboxylic acids is 1. The molecule has 10 nitrogen and oxygen atoms in total. The number of halogens is 1. The van der Waals surface area contributed by atoms with E-state index in [1.165, 1.54) is 0 Å². The van der Waals surface area contributed by atoms with Crippen molar-refractivity contribution in [3.05, 3.63) is 113 Å². The third kappa shape index (κ3) is 10.0. The highest BCUT2D eigenvalue weighted by Crippen LogP contribution is 2.19. The van der Waals surface area contributed by atoms with Gasteiger partial charge in [-0.1, -0.05) is 66.7 Å². The fraction of sp³-hybridized carbons (Fsp3) is 0.200. The zero-order valence-corrected chi connectivity index (χ0v) is 23.3. The normalized spacial score (nSPS) is 10.5. The summed E-state index contributed by atoms with van der Waals surface area (Å²) in [4.78, 5) is 26.1. The van der Waals surface area contributed by atoms with Crippen LogP contribution in [0.15, 0.2) is 91.3 Å². The number of nitrogens with one attached hydrogen (secondary N) is 4. The van der Waals surface area contributed by atoms with Crippen molar-refractivity contribution in [3.63, 3.8) is 0 Å². The number of amides is 1. The van der Waals surface area contributed by atoms with Crippen molar-refractivity contribution >= 4 is 35.1 Å². The van der Waals surface area contributed by atoms with Gasteiger partial charge in [0.25, 0.3) is 5.91 Å². The number of nitrogens with two attached hydrogens (primary N) is 1. The van der Waals surface area contributed by atoms with Gasteiger partial charge in [-0.05, 0) is 54.3 Å². The molecule has 0 unspecified atom stereocenters. The van der Waals surface area contributed by atoms with Gasteiger partial charge >= 0.3 is 6.01 Å². The smallest absolute Gasteiger partial charge is 0.323 e. The van der Waals surface area contributed by atoms with Crippen LogP contribution in [0, 0.1) is 0 Å². The first-order chi connectivity index (χ1) is 19.9. The molecule has 0 saturated heterocycles. The molecule has 0 radical (unpaired) electrons. The molecule has 212 valence electrons. The Bertz CT molecular complexity index is 1430. The minimum atomic E-state index is -0.169. The maximum atomic E-state index is 12.7. The van der Waals surface area contributed by atoms with Crippen molar-refractivity contribution in [2.45, 2.75) is 26.0 Å². The van der Waals surface area contributed by atoms with E-state index in [0.29, 0.717) is 54.3 Å². The van der Waals surface area contributed by atoms with E-state index in [-0.39, 0.29) is 17.9 Å². The summed E-state index contributed by atoms with van der Waals surface area (Å²) in [6.45, 7) is 5.64. The van der Waals surface area contributed by atoms with E-state index in [0.717, 1.165) is 24.0 Å². The summed E-state index contributed by atoms with van der Waals surface area (Å²) in [5.41, 5.74) is 8.64. The van der Waals surface area contributed by atoms with Crippen LogP contribution in [0.5, 0.6) is 6.01 Å². The first-order valence-corrected chi connectivity index (χ1v) is 13.6. The molecule has 41 heavy (non-hydrogen) atoms. The second-order valence-corrected chi connectivity index (χ2v) is 9.58. The lowest BCUT2D eigenvalue weighted by atomic mass is 10.2. The number of hydrogen-bond donors (Lipinski definition) is 5. The van der Waals surface area contributed by atoms with Crippen molar-refractivity contribution < 1.29 is 9.53 Å². The van der Waals surface area contributed by atoms with Gasteiger partial charge in [0, 0.05) is 35.9 Å². The van der Waals surface area contributed by atoms with Gasteiger partial charge in [0.15, 0.2) is 0 Å². The van der Waals surface area contributed by atoms with Crippen LogP contribution in [0.25, 0.3) is 0 Å². The minimum Gasteiger partial charge on any atom is -0.458 e. The average molecular weight is 573 g/mol. The third-order valence-electron chi connectivity index (χ3n) is 5.81. The quantitative estimate of drug-likeness (QED) is 0.125. The highest BCUT2D eigenvalue weighted by atomic mass is 35.5. The molecule has 0 spiro atoms. The molecular formula is C30H33ClN8O2. The molecule has 4 aromatic rings. The van der Waals surface area contributed by atoms with Gasteiger partial charge in [0.1, 0.15) is 6.61 Å². The van der Waals surface area contributed by atoms with Crippen LogP contribution < -0.4 is 31.7 Å². The third-order valence-corrected chi connectivity index (χ3v) is 6.06. The van der Waals surface area contributed by atoms with Crippen LogP contribution >= 0.6 is 11.6 Å². The lowest BCUT2D eigenvalue weighted by Crippen LogP contribution is -2.26. The molecule has 3 aromatic carbocycles. The van der Waals surface area contributed by atoms with Crippen molar-refractivity contribution in [1.29, 1.82) is 0 Å². The Morgan fingerprint density at radius 2 is 1.59 bits per heavy atom. The monoisotopic (exact) mass is 572 g/mol. The summed E-state index contributed by atoms with van der Waals surface area (Å²) in [6, 6.07) is 24.5. The van der Waals surface area contributed by atoms with Crippen LogP contribution in [-0.2, 0) is 13.2 Å². The van der Waals surface area contributed by atoms with Gasteiger partial charge in [0.05, 0.1) is 5.82 Å². The van der Waals surface area contributed by atoms with E-state index >= 15 is 0 Å². The van der Waals surface area contributed by atoms with Gasteiger partial charge in [-0.25, -0.2) is 0 Å². The Hall–Kier alpha value is -4.83. The van der Waals surface area contributed by atoms with E-state index in [1.54, 1.807) is 18.2 Å². The molecule has 1 heterocycles. The number of benzene rings is 3. The fourth-order valence-corrected chi connectivity index (χ4v) is 3.86. The van der Waals surface area contributed by atoms with Crippen LogP contribution in [0.1, 0.15) is 34.3 Å². The molecule has 4 rings (SSSR count). The summed E-state index contributed by atoms with van der Waals surface area (Å²) in [5.74, 6) is 0.879. The first kappa shape index (κ1) is 29.2. The molecule has 0 aliphatic heterocycles. The van der Waals surface area contributed by atoms with Crippen molar-refractivity contribution in [2.75, 3.05) is 23.7 Å². The van der Waals surface area contributed by atoms with Crippen molar-refractivity contribution in [2.24, 2.45) is 5.73 Å². The molecule has 0 aliphatic rings. The first-order valence-electron chi connectivity index (χ1n) is 13.2. The molecule has 0 atom stereocenters. The Morgan fingerprint density at radius 3 is 2.34 bits per heavy atom. The number of rotatable bonds is 15. The van der Waals surface area contributed by atoms with Crippen LogP contribution in [0.2, 0.25) is 5.02 Å². The standard InChI is InChI=1S/C30H33ClN8O2/c1-21(32)33-16-5-6-17-34-27(40)24-10-7-11-26(18-24)36-29-37-28(35-19-22-12-14-25(31)15-13-22)38-30(39-29)41-20-23-8-3-2-4-9-23/h2-4,7-15,18,33H,1,5-6,16-17,19-20,32H2,(H,34,40)(H2,35,36,37,38,39). The Labute approximate surface area is 244 Å². The molecule has 0 saturated carbocycles. The second kappa shape index (κ2) is 15.1. The van der Waals surface area contributed by atoms with E-state index in [9.17, 15) is 4.79 Å². The Kier molecular flexibility index (Phi) is 10.7. The van der Waals surface area contributed by atoms with Gasteiger partial charge in [-0.3, -0.25) is 4.79 Å². The molecule has 0 bridgehead atoms. The van der Waals surface area contributed by atoms with E-state index in [4.69, 9.17) is 22.1 Å². The highest BCUT2D eigenvalue weighted by Gasteiger charge is 2.11. The number of nitrogens with zero attached hydrogens (tertiary/aromatic N) is 3. The average Bonchev–Trinajstić information content (AvgIpc) is 2.98. The van der Waals surface area contributed by atoms with Crippen LogP contribution in [0.3, 0.4) is 0 Å². The molecule has 0 aliphatic carbocycles. The molecule has 1 aromatic heterocycles. The summed E-state index contributed by atoms with van der Waals surface area (Å²) in [5, 5.41) is 13.0. The van der Waals surface area contributed by atoms with Gasteiger partial charge in [-0.15, -0.1) is 0 Å². The van der Waals surface area contributed by atoms with Crippen LogP contribution in [0.4, 0.5) is 17.6 Å². The van der Waals surface area contributed by atoms with Gasteiger partial charge in [0.2, 0.25) is 11.9 Å². The number of unbranched alkanes of at least 4 members (excludes halogenated alkanes) is 1. The topological polar surface area (TPSA) is 139 Å². The summed E-state index contributed by atoms with van der Waals surface area (Å²) in [7, 11) is 0. The summed E-state index contributed by atoms with van der Waals surface area (Å²) in [6.07, 6.45) is 1.67. The van der Waals surface area contributed by atoms with E-state index < -0.39 is 0 Å². The summed E-state index contributed by atoms with van der Waals surface area (Å²) >= 11 is 6.00. The predicted molar refractivity (Wildman–Crippen MR) is 162 cm³/mol.